The number of benzene rings is 1. The predicted octanol–water partition coefficient (Wildman–Crippen LogP) is 3.15. The number of para-hydroxylation sites is 1. The number of nitrogens with one attached hydrogen (secondary N) is 1. The molecular weight excluding hydrogens is 365 g/mol. The zero-order chi connectivity index (χ0) is 14.1. The first-order chi connectivity index (χ1) is 9.13. The van der Waals surface area contributed by atoms with Crippen LogP contribution in [0.3, 0.4) is 0 Å². The largest absolute Gasteiger partial charge is 0.493 e. The smallest absolute Gasteiger partial charge is 0.188 e. The van der Waals surface area contributed by atoms with Gasteiger partial charge in [0.25, 0.3) is 0 Å². The fourth-order valence-corrected chi connectivity index (χ4v) is 1.51. The first-order valence-electron chi connectivity index (χ1n) is 6.88. The Morgan fingerprint density at radius 1 is 1.35 bits per heavy atom. The zero-order valence-electron chi connectivity index (χ0n) is 12.6. The Balaban J connectivity index is 0.00000361. The molecular formula is C15H26IN3O. The number of ether oxygens (including phenoxy) is 1. The number of hydrogen-bond donors (Lipinski definition) is 2. The lowest BCUT2D eigenvalue weighted by molar-refractivity contribution is 0.268. The van der Waals surface area contributed by atoms with Gasteiger partial charge in [-0.05, 0) is 18.4 Å². The lowest BCUT2D eigenvalue weighted by Gasteiger charge is -2.12. The fourth-order valence-electron chi connectivity index (χ4n) is 1.51. The van der Waals surface area contributed by atoms with E-state index in [4.69, 9.17) is 10.5 Å². The van der Waals surface area contributed by atoms with Crippen molar-refractivity contribution in [2.45, 2.75) is 33.7 Å². The second kappa shape index (κ2) is 10.8. The number of guanidine groups is 1. The van der Waals surface area contributed by atoms with Gasteiger partial charge >= 0.3 is 0 Å². The molecule has 0 aromatic heterocycles. The van der Waals surface area contributed by atoms with Crippen molar-refractivity contribution < 1.29 is 4.74 Å². The quantitative estimate of drug-likeness (QED) is 0.427. The molecule has 4 nitrogen and oxygen atoms in total. The Morgan fingerprint density at radius 3 is 2.70 bits per heavy atom. The molecule has 0 aliphatic heterocycles. The first-order valence-corrected chi connectivity index (χ1v) is 6.88. The van der Waals surface area contributed by atoms with Gasteiger partial charge in [-0.3, -0.25) is 0 Å². The second-order valence-electron chi connectivity index (χ2n) is 4.94. The van der Waals surface area contributed by atoms with Gasteiger partial charge in [0.2, 0.25) is 0 Å². The average molecular weight is 391 g/mol. The van der Waals surface area contributed by atoms with Crippen molar-refractivity contribution in [3.63, 3.8) is 0 Å². The highest BCUT2D eigenvalue weighted by Gasteiger charge is 2.03. The minimum atomic E-state index is 0. The number of hydrogen-bond acceptors (Lipinski definition) is 2. The highest BCUT2D eigenvalue weighted by molar-refractivity contribution is 14.0. The van der Waals surface area contributed by atoms with Crippen LogP contribution in [0.1, 0.15) is 32.8 Å². The third-order valence-corrected chi connectivity index (χ3v) is 2.52. The molecule has 0 unspecified atom stereocenters. The summed E-state index contributed by atoms with van der Waals surface area (Å²) >= 11 is 0. The van der Waals surface area contributed by atoms with E-state index in [0.717, 1.165) is 24.3 Å². The number of aliphatic imine (C=N–C) groups is 1. The molecule has 0 amide bonds. The van der Waals surface area contributed by atoms with Crippen LogP contribution in [0.4, 0.5) is 0 Å². The van der Waals surface area contributed by atoms with E-state index in [-0.39, 0.29) is 24.0 Å². The van der Waals surface area contributed by atoms with Crippen LogP contribution >= 0.6 is 24.0 Å². The molecule has 114 valence electrons. The molecule has 0 heterocycles. The van der Waals surface area contributed by atoms with Gasteiger partial charge in [-0.1, -0.05) is 39.0 Å². The van der Waals surface area contributed by atoms with E-state index in [1.807, 2.05) is 24.3 Å². The summed E-state index contributed by atoms with van der Waals surface area (Å²) in [5, 5.41) is 3.06. The lowest BCUT2D eigenvalue weighted by atomic mass is 10.2. The molecule has 1 aromatic carbocycles. The van der Waals surface area contributed by atoms with Crippen molar-refractivity contribution in [3.05, 3.63) is 29.8 Å². The summed E-state index contributed by atoms with van der Waals surface area (Å²) in [5.74, 6) is 1.89. The molecule has 3 N–H and O–H groups in total. The maximum absolute atomic E-state index is 5.78. The summed E-state index contributed by atoms with van der Waals surface area (Å²) in [6, 6.07) is 7.96. The van der Waals surface area contributed by atoms with Crippen LogP contribution in [0, 0.1) is 5.92 Å². The summed E-state index contributed by atoms with van der Waals surface area (Å²) in [7, 11) is 0. The van der Waals surface area contributed by atoms with Gasteiger partial charge in [-0.2, -0.15) is 0 Å². The number of nitrogens with two attached hydrogens (primary N) is 1. The van der Waals surface area contributed by atoms with E-state index in [9.17, 15) is 0 Å². The third-order valence-electron chi connectivity index (χ3n) is 2.52. The predicted molar refractivity (Wildman–Crippen MR) is 95.8 cm³/mol. The van der Waals surface area contributed by atoms with Gasteiger partial charge in [0.15, 0.2) is 5.96 Å². The standard InChI is InChI=1S/C15H25N3O.HI/c1-4-9-17-15(16)18-10-13-7-5-6-8-14(13)19-11-12(2)3;/h5-8,12H,4,9-11H2,1-3H3,(H3,16,17,18);1H. The van der Waals surface area contributed by atoms with Gasteiger partial charge in [0.1, 0.15) is 5.75 Å². The van der Waals surface area contributed by atoms with E-state index < -0.39 is 0 Å². The molecule has 0 saturated heterocycles. The second-order valence-corrected chi connectivity index (χ2v) is 4.94. The minimum absolute atomic E-state index is 0. The van der Waals surface area contributed by atoms with Crippen LogP contribution in [-0.4, -0.2) is 19.1 Å². The molecule has 0 aliphatic rings. The van der Waals surface area contributed by atoms with Crippen molar-refractivity contribution in [2.75, 3.05) is 13.2 Å². The molecule has 1 aromatic rings. The normalized spacial score (nSPS) is 11.1. The summed E-state index contributed by atoms with van der Waals surface area (Å²) in [4.78, 5) is 4.32. The van der Waals surface area contributed by atoms with Crippen molar-refractivity contribution in [1.29, 1.82) is 0 Å². The molecule has 5 heteroatoms. The molecule has 0 bridgehead atoms. The highest BCUT2D eigenvalue weighted by Crippen LogP contribution is 2.19. The van der Waals surface area contributed by atoms with Crippen molar-refractivity contribution in [1.82, 2.24) is 5.32 Å². The van der Waals surface area contributed by atoms with Gasteiger partial charge in [0, 0.05) is 12.1 Å². The van der Waals surface area contributed by atoms with E-state index in [2.05, 4.69) is 31.1 Å². The maximum Gasteiger partial charge on any atom is 0.188 e. The Kier molecular flexibility index (Phi) is 10.2. The molecule has 20 heavy (non-hydrogen) atoms. The lowest BCUT2D eigenvalue weighted by Crippen LogP contribution is -2.32. The molecule has 0 aliphatic carbocycles. The van der Waals surface area contributed by atoms with Crippen molar-refractivity contribution in [3.8, 4) is 5.75 Å². The van der Waals surface area contributed by atoms with E-state index in [1.54, 1.807) is 0 Å². The summed E-state index contributed by atoms with van der Waals surface area (Å²) < 4.78 is 5.78. The van der Waals surface area contributed by atoms with Crippen LogP contribution < -0.4 is 15.8 Å². The molecule has 0 atom stereocenters. The molecule has 1 rings (SSSR count). The minimum Gasteiger partial charge on any atom is -0.493 e. The molecule has 0 radical (unpaired) electrons. The van der Waals surface area contributed by atoms with Gasteiger partial charge in [0.05, 0.1) is 13.2 Å². The van der Waals surface area contributed by atoms with Crippen LogP contribution in [-0.2, 0) is 6.54 Å². The fraction of sp³-hybridized carbons (Fsp3) is 0.533. The monoisotopic (exact) mass is 391 g/mol. The Bertz CT molecular complexity index is 408. The van der Waals surface area contributed by atoms with E-state index >= 15 is 0 Å². The van der Waals surface area contributed by atoms with Crippen LogP contribution in [0.2, 0.25) is 0 Å². The Morgan fingerprint density at radius 2 is 2.05 bits per heavy atom. The summed E-state index contributed by atoms with van der Waals surface area (Å²) in [6.07, 6.45) is 1.03. The molecule has 0 spiro atoms. The average Bonchev–Trinajstić information content (AvgIpc) is 2.41. The highest BCUT2D eigenvalue weighted by atomic mass is 127. The van der Waals surface area contributed by atoms with E-state index in [1.165, 1.54) is 0 Å². The van der Waals surface area contributed by atoms with Crippen molar-refractivity contribution in [2.24, 2.45) is 16.6 Å². The van der Waals surface area contributed by atoms with Crippen molar-refractivity contribution >= 4 is 29.9 Å². The Hall–Kier alpha value is -0.980. The van der Waals surface area contributed by atoms with Gasteiger partial charge in [-0.25, -0.2) is 4.99 Å². The molecule has 0 saturated carbocycles. The zero-order valence-corrected chi connectivity index (χ0v) is 14.9. The van der Waals surface area contributed by atoms with Crippen LogP contribution in [0.5, 0.6) is 5.75 Å². The van der Waals surface area contributed by atoms with Gasteiger partial charge in [-0.15, -0.1) is 24.0 Å². The first kappa shape index (κ1) is 19.0. The maximum atomic E-state index is 5.78. The SMILES string of the molecule is CCCNC(N)=NCc1ccccc1OCC(C)C.I. The number of halogens is 1. The number of nitrogens with zero attached hydrogens (tertiary/aromatic N) is 1. The van der Waals surface area contributed by atoms with Gasteiger partial charge < -0.3 is 15.8 Å². The van der Waals surface area contributed by atoms with Crippen LogP contribution in [0.25, 0.3) is 0 Å². The Labute approximate surface area is 139 Å². The van der Waals surface area contributed by atoms with Crippen LogP contribution in [0.15, 0.2) is 29.3 Å². The summed E-state index contributed by atoms with van der Waals surface area (Å²) in [5.41, 5.74) is 6.84. The molecule has 0 fully saturated rings. The van der Waals surface area contributed by atoms with E-state index in [0.29, 0.717) is 25.0 Å². The summed E-state index contributed by atoms with van der Waals surface area (Å²) in [6.45, 7) is 8.46. The topological polar surface area (TPSA) is 59.6 Å². The number of rotatable bonds is 7. The third kappa shape index (κ3) is 7.57.